The highest BCUT2D eigenvalue weighted by Crippen LogP contribution is 2.41. The lowest BCUT2D eigenvalue weighted by Crippen LogP contribution is -2.52. The van der Waals surface area contributed by atoms with E-state index in [1.54, 1.807) is 18.7 Å². The second-order valence-electron chi connectivity index (χ2n) is 10.2. The third-order valence-electron chi connectivity index (χ3n) is 8.58. The Bertz CT molecular complexity index is 729. The van der Waals surface area contributed by atoms with Crippen molar-refractivity contribution >= 4 is 22.1 Å². The number of rotatable bonds is 15. The van der Waals surface area contributed by atoms with E-state index in [1.165, 1.54) is 43.4 Å². The second kappa shape index (κ2) is 13.8. The van der Waals surface area contributed by atoms with Crippen LogP contribution in [0.15, 0.2) is 41.2 Å². The van der Waals surface area contributed by atoms with Crippen LogP contribution in [0.4, 0.5) is 0 Å². The van der Waals surface area contributed by atoms with Crippen molar-refractivity contribution in [3.05, 3.63) is 46.8 Å². The molecule has 1 aromatic rings. The molecule has 194 valence electrons. The molecule has 0 aliphatic carbocycles. The molecule has 0 spiro atoms. The first-order valence-electron chi connectivity index (χ1n) is 13.2. The van der Waals surface area contributed by atoms with Gasteiger partial charge in [0.25, 0.3) is 0 Å². The Kier molecular flexibility index (Phi) is 12.5. The van der Waals surface area contributed by atoms with Crippen LogP contribution in [0.3, 0.4) is 0 Å². The Morgan fingerprint density at radius 2 is 1.35 bits per heavy atom. The number of ether oxygens (including phenoxy) is 2. The minimum absolute atomic E-state index is 0.390. The molecule has 1 rings (SSSR count). The molecule has 6 heteroatoms. The fraction of sp³-hybridized carbons (Fsp3) is 0.679. The first kappa shape index (κ1) is 30.8. The van der Waals surface area contributed by atoms with Crippen LogP contribution in [0.5, 0.6) is 0 Å². The Balaban J connectivity index is 3.73. The third kappa shape index (κ3) is 6.71. The molecule has 0 heterocycles. The van der Waals surface area contributed by atoms with Crippen molar-refractivity contribution in [2.24, 2.45) is 5.41 Å². The van der Waals surface area contributed by atoms with Crippen molar-refractivity contribution < 1.29 is 19.4 Å². The van der Waals surface area contributed by atoms with E-state index in [0.717, 1.165) is 5.56 Å². The van der Waals surface area contributed by atoms with Gasteiger partial charge in [-0.1, -0.05) is 119 Å². The lowest BCUT2D eigenvalue weighted by Gasteiger charge is -2.44. The average Bonchev–Trinajstić information content (AvgIpc) is 2.88. The molecule has 0 aromatic heterocycles. The second-order valence-corrected chi connectivity index (χ2v) is 21.1. The standard InChI is InChI=1S/C28H50O4Si2/c1-10-33(11-2,12-3)25(34(13-4,14-5)15-6)21-24(26(29)28(7,8)27(30)31-9)32-22-23-19-17-16-18-20-23/h16-21,24,26,29H,10-15,22H2,1-9H3/t24-,26+/m1/s1. The molecule has 2 atom stereocenters. The van der Waals surface area contributed by atoms with Gasteiger partial charge in [0.1, 0.15) is 6.10 Å². The number of hydrogen-bond donors (Lipinski definition) is 1. The average molecular weight is 507 g/mol. The predicted octanol–water partition coefficient (Wildman–Crippen LogP) is 7.15. The zero-order chi connectivity index (χ0) is 26.0. The van der Waals surface area contributed by atoms with E-state index in [4.69, 9.17) is 9.47 Å². The molecule has 0 unspecified atom stereocenters. The summed E-state index contributed by atoms with van der Waals surface area (Å²) in [6.45, 7) is 18.0. The summed E-state index contributed by atoms with van der Waals surface area (Å²) < 4.78 is 11.5. The van der Waals surface area contributed by atoms with Crippen LogP contribution in [0.25, 0.3) is 0 Å². The molecule has 1 N–H and O–H groups in total. The van der Waals surface area contributed by atoms with Crippen molar-refractivity contribution in [1.82, 2.24) is 0 Å². The molecule has 0 fully saturated rings. The quantitative estimate of drug-likeness (QED) is 0.203. The molecule has 0 bridgehead atoms. The summed E-state index contributed by atoms with van der Waals surface area (Å²) in [6, 6.07) is 17.2. The van der Waals surface area contributed by atoms with E-state index in [0.29, 0.717) is 6.61 Å². The molecule has 1 aromatic carbocycles. The highest BCUT2D eigenvalue weighted by molar-refractivity contribution is 7.07. The van der Waals surface area contributed by atoms with Crippen molar-refractivity contribution in [3.8, 4) is 0 Å². The maximum atomic E-state index is 12.6. The zero-order valence-electron chi connectivity index (χ0n) is 23.2. The van der Waals surface area contributed by atoms with Gasteiger partial charge in [-0.2, -0.15) is 0 Å². The maximum absolute atomic E-state index is 12.6. The monoisotopic (exact) mass is 506 g/mol. The van der Waals surface area contributed by atoms with E-state index in [1.807, 2.05) is 30.3 Å². The molecule has 0 saturated carbocycles. The normalized spacial score (nSPS) is 14.4. The number of aliphatic hydroxyl groups is 1. The summed E-state index contributed by atoms with van der Waals surface area (Å²) >= 11 is 0. The van der Waals surface area contributed by atoms with Gasteiger partial charge in [-0.05, 0) is 19.4 Å². The predicted molar refractivity (Wildman–Crippen MR) is 149 cm³/mol. The van der Waals surface area contributed by atoms with Crippen LogP contribution >= 0.6 is 0 Å². The number of benzene rings is 1. The molecule has 0 amide bonds. The summed E-state index contributed by atoms with van der Waals surface area (Å²) in [5, 5.41) is 11.6. The summed E-state index contributed by atoms with van der Waals surface area (Å²) in [7, 11) is -2.10. The van der Waals surface area contributed by atoms with Crippen LogP contribution in [-0.2, 0) is 20.9 Å². The Hall–Kier alpha value is -1.22. The van der Waals surface area contributed by atoms with E-state index in [-0.39, 0.29) is 0 Å². The first-order chi connectivity index (χ1) is 16.1. The lowest BCUT2D eigenvalue weighted by atomic mass is 9.83. The van der Waals surface area contributed by atoms with Gasteiger partial charge in [0, 0.05) is 0 Å². The molecular weight excluding hydrogens is 456 g/mol. The molecule has 0 aliphatic rings. The largest absolute Gasteiger partial charge is 0.469 e. The first-order valence-corrected chi connectivity index (χ1v) is 18.5. The number of aliphatic hydroxyl groups excluding tert-OH is 1. The molecule has 0 radical (unpaired) electrons. The molecule has 4 nitrogen and oxygen atoms in total. The fourth-order valence-corrected chi connectivity index (χ4v) is 19.5. The molecule has 34 heavy (non-hydrogen) atoms. The highest BCUT2D eigenvalue weighted by atomic mass is 28.4. The minimum atomic E-state index is -1.74. The maximum Gasteiger partial charge on any atom is 0.313 e. The lowest BCUT2D eigenvalue weighted by molar-refractivity contribution is -0.163. The van der Waals surface area contributed by atoms with E-state index >= 15 is 0 Å². The van der Waals surface area contributed by atoms with Crippen LogP contribution < -0.4 is 0 Å². The molecular formula is C28H50O4Si2. The zero-order valence-corrected chi connectivity index (χ0v) is 25.2. The topological polar surface area (TPSA) is 55.8 Å². The van der Waals surface area contributed by atoms with Crippen LogP contribution in [0.1, 0.15) is 61.0 Å². The van der Waals surface area contributed by atoms with E-state index < -0.39 is 39.7 Å². The van der Waals surface area contributed by atoms with Gasteiger partial charge in [-0.15, -0.1) is 0 Å². The van der Waals surface area contributed by atoms with Crippen molar-refractivity contribution in [2.45, 2.75) is 110 Å². The summed E-state index contributed by atoms with van der Waals surface area (Å²) in [4.78, 5) is 14.3. The number of esters is 1. The van der Waals surface area contributed by atoms with Gasteiger partial charge in [0.05, 0.1) is 41.4 Å². The SMILES string of the molecule is CC[Si](CC)(CC)C(=C[C@@H](OCc1ccccc1)[C@H](O)C(C)(C)C(=O)OC)[Si](CC)(CC)CC. The smallest absolute Gasteiger partial charge is 0.313 e. The van der Waals surface area contributed by atoms with E-state index in [9.17, 15) is 9.90 Å². The summed E-state index contributed by atoms with van der Waals surface area (Å²) in [5.41, 5.74) is -0.0259. The number of hydrogen-bond acceptors (Lipinski definition) is 4. The number of carbonyl (C=O) groups is 1. The van der Waals surface area contributed by atoms with Crippen molar-refractivity contribution in [3.63, 3.8) is 0 Å². The number of carbonyl (C=O) groups excluding carboxylic acids is 1. The van der Waals surface area contributed by atoms with E-state index in [2.05, 4.69) is 47.6 Å². The third-order valence-corrected chi connectivity index (χ3v) is 22.5. The highest BCUT2D eigenvalue weighted by Gasteiger charge is 2.46. The molecule has 0 saturated heterocycles. The molecule has 0 aliphatic heterocycles. The van der Waals surface area contributed by atoms with Crippen molar-refractivity contribution in [1.29, 1.82) is 0 Å². The van der Waals surface area contributed by atoms with Gasteiger partial charge >= 0.3 is 5.97 Å². The van der Waals surface area contributed by atoms with Crippen LogP contribution in [0.2, 0.25) is 36.3 Å². The summed E-state index contributed by atoms with van der Waals surface area (Å²) in [6.07, 6.45) is 0.731. The number of methoxy groups -OCH3 is 1. The minimum Gasteiger partial charge on any atom is -0.469 e. The van der Waals surface area contributed by atoms with Gasteiger partial charge < -0.3 is 14.6 Å². The van der Waals surface area contributed by atoms with Gasteiger partial charge in [0.15, 0.2) is 0 Å². The van der Waals surface area contributed by atoms with Gasteiger partial charge in [-0.3, -0.25) is 4.79 Å². The van der Waals surface area contributed by atoms with Crippen molar-refractivity contribution in [2.75, 3.05) is 7.11 Å². The Morgan fingerprint density at radius 3 is 1.74 bits per heavy atom. The Labute approximate surface area is 211 Å². The van der Waals surface area contributed by atoms with Gasteiger partial charge in [-0.25, -0.2) is 0 Å². The Morgan fingerprint density at radius 1 is 0.912 bits per heavy atom. The fourth-order valence-electron chi connectivity index (χ4n) is 5.51. The van der Waals surface area contributed by atoms with Gasteiger partial charge in [0.2, 0.25) is 0 Å². The summed E-state index contributed by atoms with van der Waals surface area (Å²) in [5.74, 6) is -0.418. The van der Waals surface area contributed by atoms with Crippen LogP contribution in [0, 0.1) is 5.41 Å². The van der Waals surface area contributed by atoms with Crippen LogP contribution in [-0.4, -0.2) is 46.5 Å².